The van der Waals surface area contributed by atoms with Crippen LogP contribution >= 0.6 is 0 Å². The van der Waals surface area contributed by atoms with Crippen molar-refractivity contribution in [2.75, 3.05) is 0 Å². The van der Waals surface area contributed by atoms with Gasteiger partial charge in [0.1, 0.15) is 6.10 Å². The lowest BCUT2D eigenvalue weighted by Gasteiger charge is -2.37. The Labute approximate surface area is 128 Å². The second kappa shape index (κ2) is 5.82. The Kier molecular flexibility index (Phi) is 4.61. The van der Waals surface area contributed by atoms with E-state index in [0.29, 0.717) is 23.7 Å². The average molecular weight is 312 g/mol. The van der Waals surface area contributed by atoms with Crippen LogP contribution in [0.25, 0.3) is 0 Å². The zero-order valence-electron chi connectivity index (χ0n) is 14.1. The van der Waals surface area contributed by atoms with Crippen LogP contribution in [-0.2, 0) is 10.8 Å². The van der Waals surface area contributed by atoms with E-state index in [1.54, 1.807) is 0 Å². The van der Waals surface area contributed by atoms with Crippen LogP contribution in [0.1, 0.15) is 58.4 Å². The summed E-state index contributed by atoms with van der Waals surface area (Å²) in [6.45, 7) is 13.1. The molecule has 120 valence electrons. The van der Waals surface area contributed by atoms with E-state index in [1.807, 2.05) is 6.92 Å². The molecule has 21 heavy (non-hydrogen) atoms. The van der Waals surface area contributed by atoms with Gasteiger partial charge < -0.3 is 14.6 Å². The topological polar surface area (TPSA) is 74.2 Å². The Morgan fingerprint density at radius 2 is 1.95 bits per heavy atom. The Morgan fingerprint density at radius 3 is 2.48 bits per heavy atom. The molecule has 5 nitrogen and oxygen atoms in total. The summed E-state index contributed by atoms with van der Waals surface area (Å²) in [4.78, 5) is 0. The van der Waals surface area contributed by atoms with E-state index in [4.69, 9.17) is 14.6 Å². The van der Waals surface area contributed by atoms with Crippen molar-refractivity contribution in [2.45, 2.75) is 77.2 Å². The quantitative estimate of drug-likeness (QED) is 0.843. The van der Waals surface area contributed by atoms with E-state index in [0.717, 1.165) is 19.3 Å². The largest absolute Gasteiger partial charge is 0.422 e. The summed E-state index contributed by atoms with van der Waals surface area (Å²) in [6.07, 6.45) is 2.82. The maximum absolute atomic E-state index is 6.29. The van der Waals surface area contributed by atoms with Gasteiger partial charge in [-0.05, 0) is 43.8 Å². The Morgan fingerprint density at radius 1 is 1.33 bits per heavy atom. The molecule has 0 bridgehead atoms. The van der Waals surface area contributed by atoms with Crippen LogP contribution < -0.4 is 5.73 Å². The summed E-state index contributed by atoms with van der Waals surface area (Å²) in [5.41, 5.74) is 5.80. The van der Waals surface area contributed by atoms with Crippen molar-refractivity contribution in [3.8, 4) is 0 Å². The third-order valence-electron chi connectivity index (χ3n) is 4.84. The Hall–Kier alpha value is -0.723. The average Bonchev–Trinajstić information content (AvgIpc) is 2.73. The molecule has 1 aromatic rings. The van der Waals surface area contributed by atoms with Gasteiger partial charge in [0.2, 0.25) is 11.8 Å². The minimum Gasteiger partial charge on any atom is -0.422 e. The maximum atomic E-state index is 6.29. The van der Waals surface area contributed by atoms with E-state index in [1.165, 1.54) is 0 Å². The molecule has 6 heteroatoms. The molecular weight excluding hydrogens is 282 g/mol. The SMILES string of the molecule is C[C@@H](O[Si](C)(C)C(C)(C)C)c1nnc(C[C@H]2C[C@@H](N)C2)o1. The van der Waals surface area contributed by atoms with Gasteiger partial charge in [-0.15, -0.1) is 10.2 Å². The molecule has 0 saturated heterocycles. The molecule has 0 aliphatic heterocycles. The van der Waals surface area contributed by atoms with Gasteiger partial charge in [0.25, 0.3) is 0 Å². The monoisotopic (exact) mass is 311 g/mol. The van der Waals surface area contributed by atoms with E-state index < -0.39 is 8.32 Å². The van der Waals surface area contributed by atoms with Crippen molar-refractivity contribution in [3.63, 3.8) is 0 Å². The number of aromatic nitrogens is 2. The van der Waals surface area contributed by atoms with Gasteiger partial charge in [-0.2, -0.15) is 0 Å². The summed E-state index contributed by atoms with van der Waals surface area (Å²) in [6, 6.07) is 0.359. The van der Waals surface area contributed by atoms with Crippen LogP contribution in [0.2, 0.25) is 18.1 Å². The molecule has 0 spiro atoms. The van der Waals surface area contributed by atoms with Crippen LogP contribution in [0.5, 0.6) is 0 Å². The van der Waals surface area contributed by atoms with Crippen LogP contribution in [-0.4, -0.2) is 24.6 Å². The highest BCUT2D eigenvalue weighted by Gasteiger charge is 2.39. The Bertz CT molecular complexity index is 476. The first-order valence-electron chi connectivity index (χ1n) is 7.84. The number of rotatable bonds is 5. The highest BCUT2D eigenvalue weighted by Crippen LogP contribution is 2.39. The third kappa shape index (κ3) is 3.93. The number of hydrogen-bond donors (Lipinski definition) is 1. The molecule has 1 fully saturated rings. The molecular formula is C15H29N3O2Si. The normalized spacial score (nSPS) is 24.7. The highest BCUT2D eigenvalue weighted by molar-refractivity contribution is 6.74. The lowest BCUT2D eigenvalue weighted by atomic mass is 9.79. The minimum atomic E-state index is -1.82. The van der Waals surface area contributed by atoms with Gasteiger partial charge in [-0.25, -0.2) is 0 Å². The number of nitrogens with zero attached hydrogens (tertiary/aromatic N) is 2. The van der Waals surface area contributed by atoms with E-state index >= 15 is 0 Å². The first-order valence-corrected chi connectivity index (χ1v) is 10.7. The fraction of sp³-hybridized carbons (Fsp3) is 0.867. The zero-order chi connectivity index (χ0) is 15.8. The molecule has 1 atom stereocenters. The summed E-state index contributed by atoms with van der Waals surface area (Å²) in [5.74, 6) is 1.91. The number of nitrogens with two attached hydrogens (primary N) is 1. The first kappa shape index (κ1) is 16.6. The molecule has 0 unspecified atom stereocenters. The molecule has 1 heterocycles. The molecule has 0 amide bonds. The second-order valence-corrected chi connectivity index (χ2v) is 12.6. The van der Waals surface area contributed by atoms with Crippen molar-refractivity contribution in [1.29, 1.82) is 0 Å². The van der Waals surface area contributed by atoms with Crippen molar-refractivity contribution in [3.05, 3.63) is 11.8 Å². The maximum Gasteiger partial charge on any atom is 0.243 e. The fourth-order valence-corrected chi connectivity index (χ4v) is 3.72. The molecule has 0 aromatic carbocycles. The Balaban J connectivity index is 1.94. The zero-order valence-corrected chi connectivity index (χ0v) is 15.1. The fourth-order valence-electron chi connectivity index (χ4n) is 2.38. The molecule has 2 rings (SSSR count). The summed E-state index contributed by atoms with van der Waals surface area (Å²) < 4.78 is 12.1. The molecule has 2 N–H and O–H groups in total. The first-order chi connectivity index (χ1) is 9.58. The van der Waals surface area contributed by atoms with Crippen LogP contribution in [0.15, 0.2) is 4.42 Å². The van der Waals surface area contributed by atoms with E-state index in [9.17, 15) is 0 Å². The third-order valence-corrected chi connectivity index (χ3v) is 9.40. The van der Waals surface area contributed by atoms with Crippen LogP contribution in [0.3, 0.4) is 0 Å². The van der Waals surface area contributed by atoms with Crippen LogP contribution in [0, 0.1) is 5.92 Å². The summed E-state index contributed by atoms with van der Waals surface area (Å²) in [5, 5.41) is 8.49. The standard InChI is InChI=1S/C15H29N3O2Si/c1-10(20-21(5,6)15(2,3)4)14-18-17-13(19-14)9-11-7-12(16)8-11/h10-12H,7-9,16H2,1-6H3/t10-,11-,12+/m1/s1. The van der Waals surface area contributed by atoms with Gasteiger partial charge in [0.05, 0.1) is 0 Å². The molecule has 0 radical (unpaired) electrons. The lowest BCUT2D eigenvalue weighted by Crippen LogP contribution is -2.41. The smallest absolute Gasteiger partial charge is 0.243 e. The summed E-state index contributed by atoms with van der Waals surface area (Å²) in [7, 11) is -1.82. The molecule has 1 aromatic heterocycles. The van der Waals surface area contributed by atoms with Crippen LogP contribution in [0.4, 0.5) is 0 Å². The molecule has 1 saturated carbocycles. The molecule has 1 aliphatic carbocycles. The highest BCUT2D eigenvalue weighted by atomic mass is 28.4. The van der Waals surface area contributed by atoms with Gasteiger partial charge in [0.15, 0.2) is 8.32 Å². The number of hydrogen-bond acceptors (Lipinski definition) is 5. The van der Waals surface area contributed by atoms with Gasteiger partial charge in [-0.3, -0.25) is 0 Å². The van der Waals surface area contributed by atoms with Gasteiger partial charge in [0, 0.05) is 12.5 Å². The van der Waals surface area contributed by atoms with Gasteiger partial charge >= 0.3 is 0 Å². The van der Waals surface area contributed by atoms with Crippen molar-refractivity contribution >= 4 is 8.32 Å². The van der Waals surface area contributed by atoms with E-state index in [-0.39, 0.29) is 11.1 Å². The van der Waals surface area contributed by atoms with Crippen molar-refractivity contribution < 1.29 is 8.84 Å². The van der Waals surface area contributed by atoms with Gasteiger partial charge in [-0.1, -0.05) is 20.8 Å². The molecule has 1 aliphatic rings. The predicted molar refractivity (Wildman–Crippen MR) is 85.4 cm³/mol. The minimum absolute atomic E-state index is 0.143. The van der Waals surface area contributed by atoms with E-state index in [2.05, 4.69) is 44.1 Å². The summed E-state index contributed by atoms with van der Waals surface area (Å²) >= 11 is 0. The van der Waals surface area contributed by atoms with Crippen molar-refractivity contribution in [1.82, 2.24) is 10.2 Å². The lowest BCUT2D eigenvalue weighted by molar-refractivity contribution is 0.164. The second-order valence-electron chi connectivity index (χ2n) is 7.86. The predicted octanol–water partition coefficient (Wildman–Crippen LogP) is 3.43. The van der Waals surface area contributed by atoms with Crippen molar-refractivity contribution in [2.24, 2.45) is 11.7 Å².